The fraction of sp³-hybridized carbons (Fsp3) is 0.238. The molecule has 2 aromatic carbocycles. The van der Waals surface area contributed by atoms with E-state index in [1.165, 1.54) is 11.8 Å². The van der Waals surface area contributed by atoms with E-state index in [0.717, 1.165) is 11.3 Å². The van der Waals surface area contributed by atoms with Crippen molar-refractivity contribution in [2.24, 2.45) is 0 Å². The van der Waals surface area contributed by atoms with Crippen LogP contribution in [0.1, 0.15) is 24.2 Å². The Morgan fingerprint density at radius 3 is 2.57 bits per heavy atom. The Bertz CT molecular complexity index is 1000. The van der Waals surface area contributed by atoms with E-state index in [0.29, 0.717) is 35.4 Å². The van der Waals surface area contributed by atoms with Gasteiger partial charge >= 0.3 is 5.97 Å². The molecule has 9 heteroatoms. The molecule has 0 aliphatic rings. The molecule has 156 valence electrons. The van der Waals surface area contributed by atoms with Crippen molar-refractivity contribution in [1.82, 2.24) is 15.2 Å². The molecule has 1 amide bonds. The van der Waals surface area contributed by atoms with Crippen molar-refractivity contribution < 1.29 is 19.1 Å². The number of carbonyl (C=O) groups excluding carboxylic acids is 2. The molecule has 8 nitrogen and oxygen atoms in total. The number of anilines is 1. The summed E-state index contributed by atoms with van der Waals surface area (Å²) in [4.78, 5) is 28.3. The number of nitrogens with one attached hydrogen (secondary N) is 2. The quantitative estimate of drug-likeness (QED) is 0.396. The Kier molecular flexibility index (Phi) is 7.45. The largest absolute Gasteiger partial charge is 0.493 e. The number of esters is 1. The van der Waals surface area contributed by atoms with Gasteiger partial charge in [0.2, 0.25) is 11.1 Å². The zero-order valence-electron chi connectivity index (χ0n) is 16.7. The second-order valence-corrected chi connectivity index (χ2v) is 6.97. The molecule has 0 fully saturated rings. The van der Waals surface area contributed by atoms with Crippen molar-refractivity contribution in [3.8, 4) is 17.1 Å². The standard InChI is InChI=1S/C21H22N4O4S/c1-3-28-17-8-6-5-7-16(17)19-23-21(25-24-19)30-13-18(26)22-15-11-9-14(10-12-15)20(27)29-4-2/h5-12H,3-4,13H2,1-2H3,(H,22,26)(H,23,24,25). The molecule has 0 saturated carbocycles. The van der Waals surface area contributed by atoms with Gasteiger partial charge < -0.3 is 14.8 Å². The molecule has 30 heavy (non-hydrogen) atoms. The third-order valence-corrected chi connectivity index (χ3v) is 4.77. The molecular weight excluding hydrogens is 404 g/mol. The number of para-hydroxylation sites is 1. The average molecular weight is 426 g/mol. The minimum Gasteiger partial charge on any atom is -0.493 e. The lowest BCUT2D eigenvalue weighted by molar-refractivity contribution is -0.113. The SMILES string of the molecule is CCOC(=O)c1ccc(NC(=O)CSc2n[nH]c(-c3ccccc3OCC)n2)cc1. The van der Waals surface area contributed by atoms with E-state index in [2.05, 4.69) is 20.5 Å². The Morgan fingerprint density at radius 1 is 1.07 bits per heavy atom. The van der Waals surface area contributed by atoms with Gasteiger partial charge in [-0.25, -0.2) is 9.78 Å². The normalized spacial score (nSPS) is 10.5. The molecule has 2 N–H and O–H groups in total. The minimum atomic E-state index is -0.391. The molecule has 0 unspecified atom stereocenters. The fourth-order valence-electron chi connectivity index (χ4n) is 2.61. The van der Waals surface area contributed by atoms with Crippen LogP contribution in [0.3, 0.4) is 0 Å². The van der Waals surface area contributed by atoms with Crippen LogP contribution >= 0.6 is 11.8 Å². The summed E-state index contributed by atoms with van der Waals surface area (Å²) in [6, 6.07) is 14.1. The van der Waals surface area contributed by atoms with Crippen molar-refractivity contribution in [1.29, 1.82) is 0 Å². The van der Waals surface area contributed by atoms with Crippen LogP contribution in [0.25, 0.3) is 11.4 Å². The summed E-state index contributed by atoms with van der Waals surface area (Å²) < 4.78 is 10.6. The number of aromatic nitrogens is 3. The zero-order valence-corrected chi connectivity index (χ0v) is 17.5. The smallest absolute Gasteiger partial charge is 0.338 e. The van der Waals surface area contributed by atoms with Crippen LogP contribution in [0.15, 0.2) is 53.7 Å². The first-order chi connectivity index (χ1) is 14.6. The highest BCUT2D eigenvalue weighted by molar-refractivity contribution is 7.99. The predicted octanol–water partition coefficient (Wildman–Crippen LogP) is 3.78. The lowest BCUT2D eigenvalue weighted by Gasteiger charge is -2.07. The zero-order chi connectivity index (χ0) is 21.3. The number of thioether (sulfide) groups is 1. The molecule has 0 saturated heterocycles. The number of aromatic amines is 1. The molecule has 0 bridgehead atoms. The second kappa shape index (κ2) is 10.4. The molecule has 0 aliphatic heterocycles. The second-order valence-electron chi connectivity index (χ2n) is 6.03. The maximum atomic E-state index is 12.2. The lowest BCUT2D eigenvalue weighted by Crippen LogP contribution is -2.14. The molecule has 0 radical (unpaired) electrons. The van der Waals surface area contributed by atoms with Crippen molar-refractivity contribution >= 4 is 29.3 Å². The van der Waals surface area contributed by atoms with Gasteiger partial charge in [0.05, 0.1) is 30.1 Å². The van der Waals surface area contributed by atoms with Gasteiger partial charge in [-0.15, -0.1) is 5.10 Å². The third-order valence-electron chi connectivity index (χ3n) is 3.92. The van der Waals surface area contributed by atoms with E-state index >= 15 is 0 Å². The molecule has 1 aromatic heterocycles. The van der Waals surface area contributed by atoms with Gasteiger partial charge in [-0.05, 0) is 50.2 Å². The number of H-pyrrole nitrogens is 1. The van der Waals surface area contributed by atoms with Crippen LogP contribution in [-0.4, -0.2) is 46.0 Å². The Hall–Kier alpha value is -3.33. The van der Waals surface area contributed by atoms with Gasteiger partial charge in [-0.1, -0.05) is 23.9 Å². The highest BCUT2D eigenvalue weighted by Gasteiger charge is 2.13. The molecule has 0 atom stereocenters. The molecular formula is C21H22N4O4S. The number of carbonyl (C=O) groups is 2. The van der Waals surface area contributed by atoms with Crippen molar-refractivity contribution in [2.75, 3.05) is 24.3 Å². The van der Waals surface area contributed by atoms with Crippen molar-refractivity contribution in [3.63, 3.8) is 0 Å². The number of ether oxygens (including phenoxy) is 2. The highest BCUT2D eigenvalue weighted by atomic mass is 32.2. The summed E-state index contributed by atoms with van der Waals surface area (Å²) in [5.74, 6) is 0.847. The van der Waals surface area contributed by atoms with Gasteiger partial charge in [0.1, 0.15) is 5.75 Å². The van der Waals surface area contributed by atoms with E-state index in [1.807, 2.05) is 31.2 Å². The van der Waals surface area contributed by atoms with E-state index in [4.69, 9.17) is 9.47 Å². The first kappa shape index (κ1) is 21.4. The summed E-state index contributed by atoms with van der Waals surface area (Å²) in [7, 11) is 0. The van der Waals surface area contributed by atoms with Crippen LogP contribution in [0.4, 0.5) is 5.69 Å². The van der Waals surface area contributed by atoms with Crippen molar-refractivity contribution in [2.45, 2.75) is 19.0 Å². The summed E-state index contributed by atoms with van der Waals surface area (Å²) >= 11 is 1.22. The van der Waals surface area contributed by atoms with Crippen LogP contribution in [0.5, 0.6) is 5.75 Å². The molecule has 1 heterocycles. The topological polar surface area (TPSA) is 106 Å². The average Bonchev–Trinajstić information content (AvgIpc) is 3.22. The first-order valence-electron chi connectivity index (χ1n) is 9.45. The fourth-order valence-corrected chi connectivity index (χ4v) is 3.20. The number of hydrogen-bond acceptors (Lipinski definition) is 7. The molecule has 3 rings (SSSR count). The third kappa shape index (κ3) is 5.60. The number of rotatable bonds is 9. The van der Waals surface area contributed by atoms with E-state index < -0.39 is 5.97 Å². The van der Waals surface area contributed by atoms with Crippen molar-refractivity contribution in [3.05, 3.63) is 54.1 Å². The van der Waals surface area contributed by atoms with Crippen LogP contribution < -0.4 is 10.1 Å². The summed E-state index contributed by atoms with van der Waals surface area (Å²) in [5.41, 5.74) is 1.84. The van der Waals surface area contributed by atoms with Crippen LogP contribution in [0.2, 0.25) is 0 Å². The van der Waals surface area contributed by atoms with Crippen LogP contribution in [-0.2, 0) is 9.53 Å². The van der Waals surface area contributed by atoms with Crippen LogP contribution in [0, 0.1) is 0 Å². The number of hydrogen-bond donors (Lipinski definition) is 2. The summed E-state index contributed by atoms with van der Waals surface area (Å²) in [6.07, 6.45) is 0. The maximum absolute atomic E-state index is 12.2. The Labute approximate surface area is 178 Å². The summed E-state index contributed by atoms with van der Waals surface area (Å²) in [5, 5.41) is 10.3. The van der Waals surface area contributed by atoms with Gasteiger partial charge in [-0.2, -0.15) is 0 Å². The maximum Gasteiger partial charge on any atom is 0.338 e. The van der Waals surface area contributed by atoms with Gasteiger partial charge in [0, 0.05) is 5.69 Å². The van der Waals surface area contributed by atoms with E-state index in [-0.39, 0.29) is 11.7 Å². The Morgan fingerprint density at radius 2 is 1.83 bits per heavy atom. The predicted molar refractivity (Wildman–Crippen MR) is 115 cm³/mol. The minimum absolute atomic E-state index is 0.143. The summed E-state index contributed by atoms with van der Waals surface area (Å²) in [6.45, 7) is 4.53. The van der Waals surface area contributed by atoms with Gasteiger partial charge in [-0.3, -0.25) is 9.89 Å². The first-order valence-corrected chi connectivity index (χ1v) is 10.4. The lowest BCUT2D eigenvalue weighted by atomic mass is 10.2. The molecule has 0 spiro atoms. The highest BCUT2D eigenvalue weighted by Crippen LogP contribution is 2.28. The number of amides is 1. The Balaban J connectivity index is 1.55. The monoisotopic (exact) mass is 426 g/mol. The number of nitrogens with zero attached hydrogens (tertiary/aromatic N) is 2. The molecule has 3 aromatic rings. The van der Waals surface area contributed by atoms with Gasteiger partial charge in [0.15, 0.2) is 5.82 Å². The van der Waals surface area contributed by atoms with E-state index in [9.17, 15) is 9.59 Å². The van der Waals surface area contributed by atoms with Gasteiger partial charge in [0.25, 0.3) is 0 Å². The molecule has 0 aliphatic carbocycles. The van der Waals surface area contributed by atoms with E-state index in [1.54, 1.807) is 31.2 Å². The number of benzene rings is 2.